The molecule has 0 aliphatic heterocycles. The molecular formula is C20H23NO5. The number of anilines is 1. The highest BCUT2D eigenvalue weighted by molar-refractivity contribution is 5.94. The first-order valence-corrected chi connectivity index (χ1v) is 8.29. The van der Waals surface area contributed by atoms with Crippen molar-refractivity contribution >= 4 is 17.6 Å². The maximum Gasteiger partial charge on any atom is 0.337 e. The van der Waals surface area contributed by atoms with Crippen LogP contribution >= 0.6 is 0 Å². The quantitative estimate of drug-likeness (QED) is 0.577. The van der Waals surface area contributed by atoms with Gasteiger partial charge in [0.2, 0.25) is 5.91 Å². The largest absolute Gasteiger partial charge is 0.497 e. The Morgan fingerprint density at radius 2 is 1.69 bits per heavy atom. The lowest BCUT2D eigenvalue weighted by molar-refractivity contribution is -0.116. The number of hydrogen-bond donors (Lipinski definition) is 1. The topological polar surface area (TPSA) is 73.9 Å². The normalized spacial score (nSPS) is 10.1. The van der Waals surface area contributed by atoms with E-state index in [0.29, 0.717) is 30.7 Å². The summed E-state index contributed by atoms with van der Waals surface area (Å²) in [6, 6.07) is 12.3. The van der Waals surface area contributed by atoms with E-state index in [4.69, 9.17) is 9.47 Å². The summed E-state index contributed by atoms with van der Waals surface area (Å²) in [6.45, 7) is 2.27. The summed E-state index contributed by atoms with van der Waals surface area (Å²) >= 11 is 0. The van der Waals surface area contributed by atoms with Gasteiger partial charge in [0.25, 0.3) is 0 Å². The van der Waals surface area contributed by atoms with Gasteiger partial charge in [0.05, 0.1) is 26.4 Å². The molecule has 26 heavy (non-hydrogen) atoms. The van der Waals surface area contributed by atoms with Gasteiger partial charge in [-0.05, 0) is 61.4 Å². The van der Waals surface area contributed by atoms with Crippen LogP contribution in [-0.4, -0.2) is 32.7 Å². The lowest BCUT2D eigenvalue weighted by atomic mass is 10.1. The first-order valence-electron chi connectivity index (χ1n) is 8.29. The Morgan fingerprint density at radius 1 is 1.00 bits per heavy atom. The number of amides is 1. The Hall–Kier alpha value is -3.02. The van der Waals surface area contributed by atoms with Crippen molar-refractivity contribution in [3.05, 3.63) is 53.6 Å². The van der Waals surface area contributed by atoms with Crippen LogP contribution in [0.2, 0.25) is 0 Å². The molecule has 0 aromatic heterocycles. The summed E-state index contributed by atoms with van der Waals surface area (Å²) in [5, 5.41) is 2.84. The van der Waals surface area contributed by atoms with E-state index < -0.39 is 5.97 Å². The van der Waals surface area contributed by atoms with Crippen LogP contribution in [0.15, 0.2) is 42.5 Å². The van der Waals surface area contributed by atoms with Gasteiger partial charge in [-0.1, -0.05) is 0 Å². The number of ether oxygens (including phenoxy) is 3. The van der Waals surface area contributed by atoms with E-state index in [0.717, 1.165) is 17.1 Å². The summed E-state index contributed by atoms with van der Waals surface area (Å²) in [6.07, 6.45) is 0.936. The lowest BCUT2D eigenvalue weighted by Gasteiger charge is -2.10. The van der Waals surface area contributed by atoms with Crippen molar-refractivity contribution in [2.45, 2.75) is 19.8 Å². The molecule has 0 fully saturated rings. The summed E-state index contributed by atoms with van der Waals surface area (Å²) in [5.74, 6) is 1.00. The predicted octanol–water partition coefficient (Wildman–Crippen LogP) is 3.59. The molecule has 0 spiro atoms. The Balaban J connectivity index is 1.77. The van der Waals surface area contributed by atoms with Gasteiger partial charge in [-0.25, -0.2) is 4.79 Å². The monoisotopic (exact) mass is 357 g/mol. The second-order valence-corrected chi connectivity index (χ2v) is 5.70. The van der Waals surface area contributed by atoms with Crippen molar-refractivity contribution in [2.75, 3.05) is 26.1 Å². The Bertz CT molecular complexity index is 755. The summed E-state index contributed by atoms with van der Waals surface area (Å²) in [4.78, 5) is 23.6. The second-order valence-electron chi connectivity index (χ2n) is 5.70. The minimum atomic E-state index is -0.401. The Morgan fingerprint density at radius 3 is 2.31 bits per heavy atom. The third kappa shape index (κ3) is 5.51. The van der Waals surface area contributed by atoms with Gasteiger partial charge >= 0.3 is 5.97 Å². The predicted molar refractivity (Wildman–Crippen MR) is 98.9 cm³/mol. The highest BCUT2D eigenvalue weighted by Crippen LogP contribution is 2.19. The lowest BCUT2D eigenvalue weighted by Crippen LogP contribution is -2.14. The first kappa shape index (κ1) is 19.3. The maximum atomic E-state index is 12.1. The van der Waals surface area contributed by atoms with Gasteiger partial charge in [0, 0.05) is 12.1 Å². The van der Waals surface area contributed by atoms with Gasteiger partial charge in [-0.3, -0.25) is 4.79 Å². The van der Waals surface area contributed by atoms with E-state index in [9.17, 15) is 9.59 Å². The molecule has 0 bridgehead atoms. The number of rotatable bonds is 8. The molecule has 0 saturated carbocycles. The Kier molecular flexibility index (Phi) is 7.02. The number of methoxy groups -OCH3 is 2. The third-order valence-electron chi connectivity index (χ3n) is 3.80. The van der Waals surface area contributed by atoms with Gasteiger partial charge in [0.15, 0.2) is 0 Å². The van der Waals surface area contributed by atoms with Crippen LogP contribution in [0.4, 0.5) is 5.69 Å². The fraction of sp³-hybridized carbons (Fsp3) is 0.300. The molecular weight excluding hydrogens is 334 g/mol. The van der Waals surface area contributed by atoms with Crippen molar-refractivity contribution in [3.63, 3.8) is 0 Å². The van der Waals surface area contributed by atoms with Crippen molar-refractivity contribution in [1.29, 1.82) is 0 Å². The van der Waals surface area contributed by atoms with E-state index in [1.54, 1.807) is 25.3 Å². The maximum absolute atomic E-state index is 12.1. The van der Waals surface area contributed by atoms with Crippen LogP contribution in [0, 0.1) is 6.92 Å². The molecule has 6 nitrogen and oxygen atoms in total. The van der Waals surface area contributed by atoms with Gasteiger partial charge in [-0.15, -0.1) is 0 Å². The summed E-state index contributed by atoms with van der Waals surface area (Å²) in [7, 11) is 2.94. The molecule has 1 amide bonds. The van der Waals surface area contributed by atoms with E-state index in [2.05, 4.69) is 10.1 Å². The molecule has 0 aliphatic rings. The zero-order valence-corrected chi connectivity index (χ0v) is 15.2. The van der Waals surface area contributed by atoms with Gasteiger partial charge in [-0.2, -0.15) is 0 Å². The van der Waals surface area contributed by atoms with Crippen molar-refractivity contribution in [1.82, 2.24) is 0 Å². The minimum absolute atomic E-state index is 0.0998. The molecule has 0 atom stereocenters. The number of aryl methyl sites for hydroxylation is 1. The number of benzene rings is 2. The van der Waals surface area contributed by atoms with Crippen LogP contribution in [0.3, 0.4) is 0 Å². The van der Waals surface area contributed by atoms with Gasteiger partial charge < -0.3 is 19.5 Å². The fourth-order valence-electron chi connectivity index (χ4n) is 2.36. The third-order valence-corrected chi connectivity index (χ3v) is 3.80. The number of hydrogen-bond acceptors (Lipinski definition) is 5. The molecule has 0 aliphatic carbocycles. The zero-order valence-electron chi connectivity index (χ0n) is 15.2. The second kappa shape index (κ2) is 9.46. The van der Waals surface area contributed by atoms with E-state index in [1.807, 2.05) is 31.2 Å². The molecule has 6 heteroatoms. The summed E-state index contributed by atoms with van der Waals surface area (Å²) in [5.41, 5.74) is 1.94. The smallest absolute Gasteiger partial charge is 0.337 e. The van der Waals surface area contributed by atoms with E-state index in [1.165, 1.54) is 7.11 Å². The molecule has 2 aromatic rings. The van der Waals surface area contributed by atoms with Gasteiger partial charge in [0.1, 0.15) is 11.5 Å². The average Bonchev–Trinajstić information content (AvgIpc) is 2.66. The molecule has 0 saturated heterocycles. The number of esters is 1. The zero-order chi connectivity index (χ0) is 18.9. The van der Waals surface area contributed by atoms with Crippen LogP contribution in [-0.2, 0) is 9.53 Å². The van der Waals surface area contributed by atoms with Crippen LogP contribution in [0.1, 0.15) is 28.8 Å². The number of carbonyl (C=O) groups excluding carboxylic acids is 2. The molecule has 0 heterocycles. The standard InChI is InChI=1S/C20H23NO5/c1-14-13-15(20(23)25-3)6-11-18(14)21-19(22)5-4-12-26-17-9-7-16(24-2)8-10-17/h6-11,13H,4-5,12H2,1-3H3,(H,21,22). The van der Waals surface area contributed by atoms with E-state index in [-0.39, 0.29) is 5.91 Å². The summed E-state index contributed by atoms with van der Waals surface area (Å²) < 4.78 is 15.4. The average molecular weight is 357 g/mol. The minimum Gasteiger partial charge on any atom is -0.497 e. The molecule has 0 unspecified atom stereocenters. The highest BCUT2D eigenvalue weighted by Gasteiger charge is 2.09. The van der Waals surface area contributed by atoms with Crippen LogP contribution in [0.5, 0.6) is 11.5 Å². The fourth-order valence-corrected chi connectivity index (χ4v) is 2.36. The molecule has 0 radical (unpaired) electrons. The molecule has 138 valence electrons. The first-order chi connectivity index (χ1) is 12.5. The SMILES string of the molecule is COC(=O)c1ccc(NC(=O)CCCOc2ccc(OC)cc2)c(C)c1. The van der Waals surface area contributed by atoms with Crippen molar-refractivity contribution < 1.29 is 23.8 Å². The van der Waals surface area contributed by atoms with Crippen molar-refractivity contribution in [3.8, 4) is 11.5 Å². The van der Waals surface area contributed by atoms with Crippen LogP contribution in [0.25, 0.3) is 0 Å². The van der Waals surface area contributed by atoms with Crippen LogP contribution < -0.4 is 14.8 Å². The molecule has 1 N–H and O–H groups in total. The van der Waals surface area contributed by atoms with E-state index >= 15 is 0 Å². The molecule has 2 aromatic carbocycles. The van der Waals surface area contributed by atoms with Crippen molar-refractivity contribution in [2.24, 2.45) is 0 Å². The number of nitrogens with one attached hydrogen (secondary N) is 1. The highest BCUT2D eigenvalue weighted by atomic mass is 16.5. The number of carbonyl (C=O) groups is 2. The molecule has 2 rings (SSSR count). The Labute approximate surface area is 153 Å².